The molecule has 24 heavy (non-hydrogen) atoms. The van der Waals surface area contributed by atoms with Gasteiger partial charge in [-0.1, -0.05) is 78.9 Å². The van der Waals surface area contributed by atoms with E-state index >= 15 is 0 Å². The molecule has 0 spiro atoms. The molecule has 0 aliphatic carbocycles. The lowest BCUT2D eigenvalue weighted by Crippen LogP contribution is -2.40. The van der Waals surface area contributed by atoms with Crippen molar-refractivity contribution in [2.75, 3.05) is 13.1 Å². The Morgan fingerprint density at radius 2 is 1.08 bits per heavy atom. The predicted octanol–water partition coefficient (Wildman–Crippen LogP) is 5.35. The van der Waals surface area contributed by atoms with Crippen molar-refractivity contribution in [2.24, 2.45) is 0 Å². The number of hydrogen-bond donors (Lipinski definition) is 1. The number of hydrogen-bond acceptors (Lipinski definition) is 1. The standard InChI is InChI=1S/C23H19N/c1-2-8-16(9-3-1)22-18-10-4-6-12-20(18)23(17-14-24-15-17)21-13-7-5-11-19(21)22/h1-13,17,24H,14-15H2. The van der Waals surface area contributed by atoms with Crippen LogP contribution in [0.5, 0.6) is 0 Å². The van der Waals surface area contributed by atoms with E-state index in [4.69, 9.17) is 0 Å². The number of rotatable bonds is 2. The first-order valence-corrected chi connectivity index (χ1v) is 8.63. The van der Waals surface area contributed by atoms with E-state index in [-0.39, 0.29) is 0 Å². The van der Waals surface area contributed by atoms with E-state index in [0.29, 0.717) is 5.92 Å². The highest BCUT2D eigenvalue weighted by Crippen LogP contribution is 2.42. The molecule has 0 atom stereocenters. The van der Waals surface area contributed by atoms with Gasteiger partial charge in [-0.3, -0.25) is 0 Å². The maximum atomic E-state index is 3.44. The SMILES string of the molecule is c1ccc(-c2c3ccccc3c(C3CNC3)c3ccccc23)cc1. The summed E-state index contributed by atoms with van der Waals surface area (Å²) in [6, 6.07) is 28.6. The third-order valence-electron chi connectivity index (χ3n) is 5.23. The van der Waals surface area contributed by atoms with E-state index in [9.17, 15) is 0 Å². The van der Waals surface area contributed by atoms with E-state index in [0.717, 1.165) is 13.1 Å². The van der Waals surface area contributed by atoms with Crippen LogP contribution in [0.25, 0.3) is 32.7 Å². The van der Waals surface area contributed by atoms with Gasteiger partial charge in [0.05, 0.1) is 0 Å². The Kier molecular flexibility index (Phi) is 3.14. The maximum absolute atomic E-state index is 3.44. The normalized spacial score (nSPS) is 14.8. The summed E-state index contributed by atoms with van der Waals surface area (Å²) in [5, 5.41) is 8.97. The van der Waals surface area contributed by atoms with Gasteiger partial charge in [-0.2, -0.15) is 0 Å². The largest absolute Gasteiger partial charge is 0.315 e. The molecule has 0 unspecified atom stereocenters. The molecule has 4 aromatic rings. The molecule has 116 valence electrons. The van der Waals surface area contributed by atoms with Gasteiger partial charge < -0.3 is 5.32 Å². The lowest BCUT2D eigenvalue weighted by Gasteiger charge is -2.30. The molecule has 1 nitrogen and oxygen atoms in total. The van der Waals surface area contributed by atoms with E-state index < -0.39 is 0 Å². The molecular formula is C23H19N. The Labute approximate surface area is 141 Å². The first-order chi connectivity index (χ1) is 11.9. The van der Waals surface area contributed by atoms with Gasteiger partial charge in [0.15, 0.2) is 0 Å². The zero-order valence-electron chi connectivity index (χ0n) is 13.5. The Morgan fingerprint density at radius 1 is 0.583 bits per heavy atom. The van der Waals surface area contributed by atoms with Gasteiger partial charge >= 0.3 is 0 Å². The van der Waals surface area contributed by atoms with Crippen LogP contribution < -0.4 is 5.32 Å². The fourth-order valence-electron chi connectivity index (χ4n) is 4.01. The fourth-order valence-corrected chi connectivity index (χ4v) is 4.01. The summed E-state index contributed by atoms with van der Waals surface area (Å²) in [5.74, 6) is 0.615. The Balaban J connectivity index is 1.98. The van der Waals surface area contributed by atoms with Crippen LogP contribution in [-0.4, -0.2) is 13.1 Å². The van der Waals surface area contributed by atoms with Gasteiger partial charge in [0.2, 0.25) is 0 Å². The molecule has 0 saturated carbocycles. The molecule has 1 heteroatoms. The molecule has 0 bridgehead atoms. The quantitative estimate of drug-likeness (QED) is 0.492. The monoisotopic (exact) mass is 309 g/mol. The first-order valence-electron chi connectivity index (χ1n) is 8.63. The van der Waals surface area contributed by atoms with Crippen LogP contribution in [0.3, 0.4) is 0 Å². The summed E-state index contributed by atoms with van der Waals surface area (Å²) in [4.78, 5) is 0. The smallest absolute Gasteiger partial charge is 0.0101 e. The number of nitrogens with one attached hydrogen (secondary N) is 1. The predicted molar refractivity (Wildman–Crippen MR) is 103 cm³/mol. The number of fused-ring (bicyclic) bond motifs is 2. The number of benzene rings is 4. The van der Waals surface area contributed by atoms with Crippen LogP contribution in [0.2, 0.25) is 0 Å². The second kappa shape index (κ2) is 5.47. The second-order valence-electron chi connectivity index (χ2n) is 6.60. The van der Waals surface area contributed by atoms with Crippen LogP contribution in [0.1, 0.15) is 11.5 Å². The fraction of sp³-hybridized carbons (Fsp3) is 0.130. The van der Waals surface area contributed by atoms with Gasteiger partial charge in [-0.05, 0) is 38.2 Å². The Bertz CT molecular complexity index is 973. The summed E-state index contributed by atoms with van der Waals surface area (Å²) in [7, 11) is 0. The van der Waals surface area contributed by atoms with Crippen molar-refractivity contribution in [3.05, 3.63) is 84.4 Å². The lowest BCUT2D eigenvalue weighted by atomic mass is 9.82. The molecule has 0 radical (unpaired) electrons. The van der Waals surface area contributed by atoms with Crippen molar-refractivity contribution < 1.29 is 0 Å². The highest BCUT2D eigenvalue weighted by Gasteiger charge is 2.25. The second-order valence-corrected chi connectivity index (χ2v) is 6.60. The van der Waals surface area contributed by atoms with Crippen LogP contribution >= 0.6 is 0 Å². The van der Waals surface area contributed by atoms with Gasteiger partial charge in [0.25, 0.3) is 0 Å². The highest BCUT2D eigenvalue weighted by atomic mass is 14.9. The third-order valence-corrected chi connectivity index (χ3v) is 5.23. The lowest BCUT2D eigenvalue weighted by molar-refractivity contribution is 0.453. The van der Waals surface area contributed by atoms with Gasteiger partial charge in [-0.25, -0.2) is 0 Å². The molecule has 1 aliphatic rings. The van der Waals surface area contributed by atoms with E-state index in [1.54, 1.807) is 0 Å². The molecule has 1 fully saturated rings. The summed E-state index contributed by atoms with van der Waals surface area (Å²) in [6.07, 6.45) is 0. The average molecular weight is 309 g/mol. The van der Waals surface area contributed by atoms with Crippen molar-refractivity contribution in [1.29, 1.82) is 0 Å². The minimum absolute atomic E-state index is 0.615. The average Bonchev–Trinajstić information content (AvgIpc) is 2.61. The Morgan fingerprint density at radius 3 is 1.58 bits per heavy atom. The van der Waals surface area contributed by atoms with Gasteiger partial charge in [-0.15, -0.1) is 0 Å². The maximum Gasteiger partial charge on any atom is 0.0101 e. The molecule has 1 heterocycles. The molecular weight excluding hydrogens is 290 g/mol. The summed E-state index contributed by atoms with van der Waals surface area (Å²) in [6.45, 7) is 2.16. The minimum Gasteiger partial charge on any atom is -0.315 e. The van der Waals surface area contributed by atoms with Crippen LogP contribution in [-0.2, 0) is 0 Å². The summed E-state index contributed by atoms with van der Waals surface area (Å²) < 4.78 is 0. The third kappa shape index (κ3) is 1.98. The van der Waals surface area contributed by atoms with Crippen LogP contribution in [0.4, 0.5) is 0 Å². The molecule has 0 amide bonds. The van der Waals surface area contributed by atoms with E-state index in [1.807, 2.05) is 0 Å². The minimum atomic E-state index is 0.615. The van der Waals surface area contributed by atoms with Gasteiger partial charge in [0, 0.05) is 19.0 Å². The molecule has 0 aromatic heterocycles. The van der Waals surface area contributed by atoms with E-state index in [1.165, 1.54) is 38.2 Å². The van der Waals surface area contributed by atoms with Gasteiger partial charge in [0.1, 0.15) is 0 Å². The zero-order chi connectivity index (χ0) is 15.9. The first kappa shape index (κ1) is 13.8. The van der Waals surface area contributed by atoms with Crippen molar-refractivity contribution in [2.45, 2.75) is 5.92 Å². The van der Waals surface area contributed by atoms with Crippen molar-refractivity contribution in [3.8, 4) is 11.1 Å². The summed E-state index contributed by atoms with van der Waals surface area (Å²) >= 11 is 0. The van der Waals surface area contributed by atoms with E-state index in [2.05, 4.69) is 84.2 Å². The van der Waals surface area contributed by atoms with Crippen LogP contribution in [0.15, 0.2) is 78.9 Å². The molecule has 5 rings (SSSR count). The molecule has 1 aliphatic heterocycles. The molecule has 4 aromatic carbocycles. The topological polar surface area (TPSA) is 12.0 Å². The Hall–Kier alpha value is -2.64. The van der Waals surface area contributed by atoms with Crippen molar-refractivity contribution >= 4 is 21.5 Å². The van der Waals surface area contributed by atoms with Crippen molar-refractivity contribution in [3.63, 3.8) is 0 Å². The zero-order valence-corrected chi connectivity index (χ0v) is 13.5. The molecule has 1 saturated heterocycles. The van der Waals surface area contributed by atoms with Crippen LogP contribution in [0, 0.1) is 0 Å². The molecule has 1 N–H and O–H groups in total. The summed E-state index contributed by atoms with van der Waals surface area (Å²) in [5.41, 5.74) is 4.17. The van der Waals surface area contributed by atoms with Crippen molar-refractivity contribution in [1.82, 2.24) is 5.32 Å². The highest BCUT2D eigenvalue weighted by molar-refractivity contribution is 6.15.